The summed E-state index contributed by atoms with van der Waals surface area (Å²) in [5.74, 6) is 0.765. The van der Waals surface area contributed by atoms with Crippen LogP contribution in [0.2, 0.25) is 0 Å². The third kappa shape index (κ3) is 9.30. The highest BCUT2D eigenvalue weighted by molar-refractivity contribution is 5.77. The van der Waals surface area contributed by atoms with Crippen molar-refractivity contribution in [2.45, 2.75) is 52.9 Å². The fourth-order valence-corrected chi connectivity index (χ4v) is 3.69. The van der Waals surface area contributed by atoms with Gasteiger partial charge in [-0.2, -0.15) is 0 Å². The first-order valence-corrected chi connectivity index (χ1v) is 11.5. The number of methoxy groups -OCH3 is 1. The maximum absolute atomic E-state index is 12.8. The standard InChI is InChI=1S/C25H40N2O5/c1-6-11-22(8-3)32-19-15-25(23(28)31-9-4)13-17-27(18-14-25)20-21(7-2)12-10-16-26-24(29)30-5/h6,10-12,16H,1,7-9,13-15,17-20H2,2-5H3,(H,26,29)/b16-10+,21-12+,22-11+. The molecule has 0 aromatic carbocycles. The van der Waals surface area contributed by atoms with Crippen LogP contribution in [-0.4, -0.2) is 56.9 Å². The molecule has 32 heavy (non-hydrogen) atoms. The van der Waals surface area contributed by atoms with Gasteiger partial charge in [-0.15, -0.1) is 0 Å². The van der Waals surface area contributed by atoms with Gasteiger partial charge in [-0.05, 0) is 57.8 Å². The van der Waals surface area contributed by atoms with E-state index in [-0.39, 0.29) is 5.97 Å². The highest BCUT2D eigenvalue weighted by atomic mass is 16.5. The molecule has 180 valence electrons. The number of allylic oxidation sites excluding steroid dienone is 5. The number of amides is 1. The smallest absolute Gasteiger partial charge is 0.410 e. The zero-order valence-electron chi connectivity index (χ0n) is 20.2. The number of hydrogen-bond acceptors (Lipinski definition) is 6. The number of carbonyl (C=O) groups excluding carboxylic acids is 2. The predicted octanol–water partition coefficient (Wildman–Crippen LogP) is 4.72. The van der Waals surface area contributed by atoms with Crippen LogP contribution in [0.1, 0.15) is 52.9 Å². The Bertz CT molecular complexity index is 688. The molecule has 0 spiro atoms. The number of esters is 1. The molecule has 0 unspecified atom stereocenters. The van der Waals surface area contributed by atoms with E-state index >= 15 is 0 Å². The van der Waals surface area contributed by atoms with Gasteiger partial charge in [-0.3, -0.25) is 15.0 Å². The molecule has 0 aliphatic carbocycles. The number of carbonyl (C=O) groups is 2. The van der Waals surface area contributed by atoms with Crippen molar-refractivity contribution in [3.8, 4) is 0 Å². The third-order valence-electron chi connectivity index (χ3n) is 5.74. The van der Waals surface area contributed by atoms with Crippen molar-refractivity contribution in [1.82, 2.24) is 10.2 Å². The molecule has 1 rings (SSSR count). The van der Waals surface area contributed by atoms with Crippen molar-refractivity contribution < 1.29 is 23.8 Å². The molecule has 0 bridgehead atoms. The second-order valence-electron chi connectivity index (χ2n) is 7.77. The molecule has 0 saturated carbocycles. The van der Waals surface area contributed by atoms with Crippen LogP contribution in [0.15, 0.2) is 48.4 Å². The fourth-order valence-electron chi connectivity index (χ4n) is 3.69. The van der Waals surface area contributed by atoms with E-state index in [1.54, 1.807) is 12.3 Å². The van der Waals surface area contributed by atoms with Gasteiger partial charge in [0.15, 0.2) is 0 Å². The predicted molar refractivity (Wildman–Crippen MR) is 127 cm³/mol. The summed E-state index contributed by atoms with van der Waals surface area (Å²) in [6.45, 7) is 13.1. The summed E-state index contributed by atoms with van der Waals surface area (Å²) in [7, 11) is 1.33. The highest BCUT2D eigenvalue weighted by Gasteiger charge is 2.42. The quantitative estimate of drug-likeness (QED) is 0.249. The molecule has 1 heterocycles. The van der Waals surface area contributed by atoms with Gasteiger partial charge in [0.25, 0.3) is 0 Å². The van der Waals surface area contributed by atoms with Crippen LogP contribution in [0.25, 0.3) is 0 Å². The third-order valence-corrected chi connectivity index (χ3v) is 5.74. The number of ether oxygens (including phenoxy) is 3. The highest BCUT2D eigenvalue weighted by Crippen LogP contribution is 2.37. The minimum absolute atomic E-state index is 0.114. The van der Waals surface area contributed by atoms with Crippen molar-refractivity contribution in [1.29, 1.82) is 0 Å². The number of likely N-dealkylation sites (tertiary alicyclic amines) is 1. The maximum Gasteiger partial charge on any atom is 0.410 e. The first-order chi connectivity index (χ1) is 15.4. The molecule has 1 fully saturated rings. The Morgan fingerprint density at radius 3 is 2.38 bits per heavy atom. The molecule has 1 amide bonds. The molecule has 0 aromatic rings. The normalized spacial score (nSPS) is 17.1. The molecule has 1 aliphatic rings. The lowest BCUT2D eigenvalue weighted by atomic mass is 9.75. The van der Waals surface area contributed by atoms with Gasteiger partial charge in [0.05, 0.1) is 31.5 Å². The van der Waals surface area contributed by atoms with Crippen LogP contribution in [0.4, 0.5) is 4.79 Å². The average molecular weight is 449 g/mol. The van der Waals surface area contributed by atoms with E-state index in [1.807, 2.05) is 32.1 Å². The van der Waals surface area contributed by atoms with E-state index in [0.717, 1.165) is 51.1 Å². The minimum atomic E-state index is -0.500. The number of piperidine rings is 1. The molecule has 0 radical (unpaired) electrons. The monoisotopic (exact) mass is 448 g/mol. The minimum Gasteiger partial charge on any atom is -0.498 e. The number of hydrogen-bond donors (Lipinski definition) is 1. The number of rotatable bonds is 13. The lowest BCUT2D eigenvalue weighted by Crippen LogP contribution is -2.46. The van der Waals surface area contributed by atoms with Gasteiger partial charge in [0.2, 0.25) is 0 Å². The van der Waals surface area contributed by atoms with Crippen molar-refractivity contribution in [3.63, 3.8) is 0 Å². The number of nitrogens with zero attached hydrogens (tertiary/aromatic N) is 1. The lowest BCUT2D eigenvalue weighted by Gasteiger charge is -2.40. The fraction of sp³-hybridized carbons (Fsp3) is 0.600. The van der Waals surface area contributed by atoms with Gasteiger partial charge in [-0.25, -0.2) is 4.79 Å². The summed E-state index contributed by atoms with van der Waals surface area (Å²) in [5, 5.41) is 2.52. The van der Waals surface area contributed by atoms with Gasteiger partial charge in [0.1, 0.15) is 0 Å². The second-order valence-corrected chi connectivity index (χ2v) is 7.77. The Morgan fingerprint density at radius 2 is 1.81 bits per heavy atom. The van der Waals surface area contributed by atoms with E-state index < -0.39 is 11.5 Å². The summed E-state index contributed by atoms with van der Waals surface area (Å²) >= 11 is 0. The second kappa shape index (κ2) is 15.3. The SMILES string of the molecule is C=C/C=C(\CC)OCCC1(C(=O)OCC)CCN(C/C(=C/C=C/NC(=O)OC)CC)CC1. The molecule has 1 saturated heterocycles. The maximum atomic E-state index is 12.8. The number of nitrogens with one attached hydrogen (secondary N) is 1. The van der Waals surface area contributed by atoms with Crippen LogP contribution in [0, 0.1) is 5.41 Å². The Morgan fingerprint density at radius 1 is 1.09 bits per heavy atom. The summed E-state index contributed by atoms with van der Waals surface area (Å²) in [4.78, 5) is 26.3. The Hall–Kier alpha value is -2.54. The van der Waals surface area contributed by atoms with E-state index in [1.165, 1.54) is 12.7 Å². The summed E-state index contributed by atoms with van der Waals surface area (Å²) in [5.41, 5.74) is 0.752. The van der Waals surface area contributed by atoms with Crippen LogP contribution in [0.3, 0.4) is 0 Å². The molecule has 7 heteroatoms. The largest absolute Gasteiger partial charge is 0.498 e. The van der Waals surface area contributed by atoms with Crippen molar-refractivity contribution in [2.75, 3.05) is 40.0 Å². The van der Waals surface area contributed by atoms with Crippen LogP contribution in [-0.2, 0) is 19.0 Å². The summed E-state index contributed by atoms with van der Waals surface area (Å²) in [6, 6.07) is 0. The van der Waals surface area contributed by atoms with E-state index in [2.05, 4.69) is 28.5 Å². The van der Waals surface area contributed by atoms with Gasteiger partial charge in [-0.1, -0.05) is 38.2 Å². The summed E-state index contributed by atoms with van der Waals surface area (Å²) in [6.07, 6.45) is 12.3. The topological polar surface area (TPSA) is 77.1 Å². The zero-order valence-corrected chi connectivity index (χ0v) is 20.2. The Balaban J connectivity index is 2.71. The van der Waals surface area contributed by atoms with Gasteiger partial charge in [0, 0.05) is 19.2 Å². The molecular weight excluding hydrogens is 408 g/mol. The Kier molecular flexibility index (Phi) is 13.1. The Labute approximate surface area is 193 Å². The van der Waals surface area contributed by atoms with Crippen molar-refractivity contribution >= 4 is 12.1 Å². The van der Waals surface area contributed by atoms with E-state index in [9.17, 15) is 9.59 Å². The average Bonchev–Trinajstić information content (AvgIpc) is 2.81. The van der Waals surface area contributed by atoms with Crippen molar-refractivity contribution in [3.05, 3.63) is 48.4 Å². The molecule has 7 nitrogen and oxygen atoms in total. The first kappa shape index (κ1) is 27.5. The van der Waals surface area contributed by atoms with E-state index in [0.29, 0.717) is 19.6 Å². The first-order valence-electron chi connectivity index (χ1n) is 11.5. The molecule has 0 aromatic heterocycles. The molecular formula is C25H40N2O5. The number of alkyl carbamates (subject to hydrolysis) is 1. The molecule has 1 aliphatic heterocycles. The zero-order chi connectivity index (χ0) is 23.8. The molecule has 1 N–H and O–H groups in total. The summed E-state index contributed by atoms with van der Waals surface area (Å²) < 4.78 is 15.9. The lowest BCUT2D eigenvalue weighted by molar-refractivity contribution is -0.160. The molecule has 0 atom stereocenters. The van der Waals surface area contributed by atoms with Crippen LogP contribution in [0.5, 0.6) is 0 Å². The van der Waals surface area contributed by atoms with Gasteiger partial charge < -0.3 is 14.2 Å². The van der Waals surface area contributed by atoms with Crippen LogP contribution >= 0.6 is 0 Å². The van der Waals surface area contributed by atoms with Crippen LogP contribution < -0.4 is 5.32 Å². The van der Waals surface area contributed by atoms with Gasteiger partial charge >= 0.3 is 12.1 Å². The van der Waals surface area contributed by atoms with E-state index in [4.69, 9.17) is 9.47 Å². The van der Waals surface area contributed by atoms with Crippen molar-refractivity contribution in [2.24, 2.45) is 5.41 Å².